The van der Waals surface area contributed by atoms with Crippen LogP contribution in [0.1, 0.15) is 55.2 Å². The highest BCUT2D eigenvalue weighted by molar-refractivity contribution is 5.91. The van der Waals surface area contributed by atoms with Gasteiger partial charge in [-0.2, -0.15) is 0 Å². The maximum Gasteiger partial charge on any atom is 0.337 e. The van der Waals surface area contributed by atoms with E-state index < -0.39 is 17.5 Å². The van der Waals surface area contributed by atoms with Crippen molar-refractivity contribution in [2.24, 2.45) is 0 Å². The molecule has 0 saturated heterocycles. The first kappa shape index (κ1) is 23.1. The summed E-state index contributed by atoms with van der Waals surface area (Å²) in [4.78, 5) is 28.4. The molecule has 0 aliphatic carbocycles. The molecule has 0 spiro atoms. The highest BCUT2D eigenvalue weighted by Crippen LogP contribution is 2.37. The molecule has 0 aliphatic heterocycles. The number of ether oxygens (including phenoxy) is 3. The van der Waals surface area contributed by atoms with Crippen LogP contribution in [0.15, 0.2) is 60.8 Å². The van der Waals surface area contributed by atoms with Crippen LogP contribution in [-0.2, 0) is 14.3 Å². The minimum Gasteiger partial charge on any atom is -0.494 e. The van der Waals surface area contributed by atoms with Crippen LogP contribution in [-0.4, -0.2) is 36.2 Å². The SMILES string of the molecule is CCOc1ccc(-c2cccc(C(=O)OC)c2)cc1C(C(=O)OC(C)(C)C)c1ccc[nH]1. The molecule has 0 aliphatic rings. The molecule has 1 N–H and O–H groups in total. The molecule has 6 nitrogen and oxygen atoms in total. The van der Waals surface area contributed by atoms with E-state index in [1.807, 2.05) is 64.1 Å². The largest absolute Gasteiger partial charge is 0.494 e. The van der Waals surface area contributed by atoms with Gasteiger partial charge in [-0.15, -0.1) is 0 Å². The van der Waals surface area contributed by atoms with Gasteiger partial charge in [-0.3, -0.25) is 4.79 Å². The molecular weight excluding hydrogens is 406 g/mol. The molecule has 0 saturated carbocycles. The van der Waals surface area contributed by atoms with Crippen LogP contribution in [0.2, 0.25) is 0 Å². The normalized spacial score (nSPS) is 12.2. The van der Waals surface area contributed by atoms with E-state index in [1.54, 1.807) is 24.4 Å². The number of rotatable bonds is 7. The Morgan fingerprint density at radius 2 is 1.75 bits per heavy atom. The van der Waals surface area contributed by atoms with E-state index in [2.05, 4.69) is 4.98 Å². The van der Waals surface area contributed by atoms with Crippen molar-refractivity contribution in [1.29, 1.82) is 0 Å². The maximum absolute atomic E-state index is 13.3. The number of H-pyrrole nitrogens is 1. The number of hydrogen-bond acceptors (Lipinski definition) is 5. The Hall–Kier alpha value is -3.54. The second-order valence-corrected chi connectivity index (χ2v) is 8.35. The van der Waals surface area contributed by atoms with Crippen LogP contribution >= 0.6 is 0 Å². The van der Waals surface area contributed by atoms with Crippen molar-refractivity contribution in [3.05, 3.63) is 77.6 Å². The fourth-order valence-corrected chi connectivity index (χ4v) is 3.49. The number of methoxy groups -OCH3 is 1. The summed E-state index contributed by atoms with van der Waals surface area (Å²) in [6.45, 7) is 7.88. The van der Waals surface area contributed by atoms with Gasteiger partial charge in [0, 0.05) is 17.5 Å². The van der Waals surface area contributed by atoms with Gasteiger partial charge in [0.05, 0.1) is 19.3 Å². The smallest absolute Gasteiger partial charge is 0.337 e. The van der Waals surface area contributed by atoms with Crippen molar-refractivity contribution in [2.45, 2.75) is 39.2 Å². The Morgan fingerprint density at radius 3 is 2.38 bits per heavy atom. The van der Waals surface area contributed by atoms with Gasteiger partial charge < -0.3 is 19.2 Å². The minimum absolute atomic E-state index is 0.374. The lowest BCUT2D eigenvalue weighted by molar-refractivity contribution is -0.155. The number of carbonyl (C=O) groups excluding carboxylic acids is 2. The van der Waals surface area contributed by atoms with Crippen molar-refractivity contribution in [2.75, 3.05) is 13.7 Å². The molecule has 2 aromatic carbocycles. The Bertz CT molecular complexity index is 1080. The predicted molar refractivity (Wildman–Crippen MR) is 123 cm³/mol. The molecule has 1 atom stereocenters. The summed E-state index contributed by atoms with van der Waals surface area (Å²) in [6.07, 6.45) is 1.77. The van der Waals surface area contributed by atoms with Gasteiger partial charge in [0.15, 0.2) is 0 Å². The summed E-state index contributed by atoms with van der Waals surface area (Å²) in [5.41, 5.74) is 2.87. The molecule has 0 radical (unpaired) electrons. The van der Waals surface area contributed by atoms with E-state index in [4.69, 9.17) is 14.2 Å². The van der Waals surface area contributed by atoms with Crippen molar-refractivity contribution in [1.82, 2.24) is 4.98 Å². The lowest BCUT2D eigenvalue weighted by Gasteiger charge is -2.25. The van der Waals surface area contributed by atoms with E-state index >= 15 is 0 Å². The third kappa shape index (κ3) is 5.38. The molecule has 0 amide bonds. The zero-order chi connectivity index (χ0) is 23.3. The van der Waals surface area contributed by atoms with E-state index in [0.717, 1.165) is 11.1 Å². The molecule has 168 valence electrons. The molecule has 1 heterocycles. The standard InChI is InChI=1S/C26H29NO5/c1-6-31-22-13-12-18(17-9-7-10-19(15-17)24(28)30-5)16-20(22)23(21-11-8-14-27-21)25(29)32-26(2,3)4/h7-16,23,27H,6H2,1-5H3. The summed E-state index contributed by atoms with van der Waals surface area (Å²) < 4.78 is 16.5. The van der Waals surface area contributed by atoms with Gasteiger partial charge in [-0.1, -0.05) is 18.2 Å². The first-order valence-corrected chi connectivity index (χ1v) is 10.5. The minimum atomic E-state index is -0.700. The fourth-order valence-electron chi connectivity index (χ4n) is 3.49. The second-order valence-electron chi connectivity index (χ2n) is 8.35. The Kier molecular flexibility index (Phi) is 7.03. The van der Waals surface area contributed by atoms with E-state index in [1.165, 1.54) is 7.11 Å². The summed E-state index contributed by atoms with van der Waals surface area (Å²) in [5.74, 6) is -0.877. The van der Waals surface area contributed by atoms with Gasteiger partial charge in [0.2, 0.25) is 0 Å². The fraction of sp³-hybridized carbons (Fsp3) is 0.308. The topological polar surface area (TPSA) is 77.6 Å². The number of esters is 2. The van der Waals surface area contributed by atoms with Crippen LogP contribution in [0.3, 0.4) is 0 Å². The number of benzene rings is 2. The lowest BCUT2D eigenvalue weighted by Crippen LogP contribution is -2.28. The number of carbonyl (C=O) groups is 2. The van der Waals surface area contributed by atoms with Gasteiger partial charge in [-0.05, 0) is 75.2 Å². The zero-order valence-electron chi connectivity index (χ0n) is 19.1. The molecule has 6 heteroatoms. The van der Waals surface area contributed by atoms with E-state index in [0.29, 0.717) is 29.2 Å². The predicted octanol–water partition coefficient (Wildman–Crippen LogP) is 5.34. The lowest BCUT2D eigenvalue weighted by atomic mass is 9.91. The molecule has 0 bridgehead atoms. The van der Waals surface area contributed by atoms with Gasteiger partial charge in [0.1, 0.15) is 17.3 Å². The van der Waals surface area contributed by atoms with E-state index in [9.17, 15) is 9.59 Å². The summed E-state index contributed by atoms with van der Waals surface area (Å²) >= 11 is 0. The maximum atomic E-state index is 13.3. The summed E-state index contributed by atoms with van der Waals surface area (Å²) in [5, 5.41) is 0. The van der Waals surface area contributed by atoms with Crippen LogP contribution in [0.25, 0.3) is 11.1 Å². The summed E-state index contributed by atoms with van der Waals surface area (Å²) in [7, 11) is 1.35. The zero-order valence-corrected chi connectivity index (χ0v) is 19.1. The Labute approximate surface area is 188 Å². The Morgan fingerprint density at radius 1 is 1.00 bits per heavy atom. The van der Waals surface area contributed by atoms with Gasteiger partial charge in [0.25, 0.3) is 0 Å². The number of nitrogens with one attached hydrogen (secondary N) is 1. The number of aromatic amines is 1. The Balaban J connectivity index is 2.14. The van der Waals surface area contributed by atoms with Crippen molar-refractivity contribution >= 4 is 11.9 Å². The van der Waals surface area contributed by atoms with Crippen LogP contribution in [0.5, 0.6) is 5.75 Å². The average molecular weight is 436 g/mol. The van der Waals surface area contributed by atoms with E-state index in [-0.39, 0.29) is 5.97 Å². The van der Waals surface area contributed by atoms with Crippen LogP contribution < -0.4 is 4.74 Å². The number of aromatic nitrogens is 1. The van der Waals surface area contributed by atoms with Crippen LogP contribution in [0, 0.1) is 0 Å². The molecule has 3 rings (SSSR count). The van der Waals surface area contributed by atoms with Crippen molar-refractivity contribution < 1.29 is 23.8 Å². The van der Waals surface area contributed by atoms with Crippen molar-refractivity contribution in [3.63, 3.8) is 0 Å². The highest BCUT2D eigenvalue weighted by Gasteiger charge is 2.31. The molecule has 3 aromatic rings. The molecular formula is C26H29NO5. The molecule has 0 fully saturated rings. The quantitative estimate of drug-likeness (QED) is 0.507. The van der Waals surface area contributed by atoms with Gasteiger partial charge in [-0.25, -0.2) is 4.79 Å². The monoisotopic (exact) mass is 435 g/mol. The second kappa shape index (κ2) is 9.73. The number of hydrogen-bond donors (Lipinski definition) is 1. The van der Waals surface area contributed by atoms with Crippen LogP contribution in [0.4, 0.5) is 0 Å². The van der Waals surface area contributed by atoms with Gasteiger partial charge >= 0.3 is 11.9 Å². The first-order valence-electron chi connectivity index (χ1n) is 10.5. The summed E-state index contributed by atoms with van der Waals surface area (Å²) in [6, 6.07) is 16.5. The third-order valence-electron chi connectivity index (χ3n) is 4.81. The first-order chi connectivity index (χ1) is 15.2. The average Bonchev–Trinajstić information content (AvgIpc) is 3.27. The third-order valence-corrected chi connectivity index (χ3v) is 4.81. The molecule has 1 aromatic heterocycles. The highest BCUT2D eigenvalue weighted by atomic mass is 16.6. The molecule has 32 heavy (non-hydrogen) atoms. The van der Waals surface area contributed by atoms with Crippen molar-refractivity contribution in [3.8, 4) is 16.9 Å². The molecule has 1 unspecified atom stereocenters.